The molecule has 0 saturated heterocycles. The zero-order valence-corrected chi connectivity index (χ0v) is 26.4. The van der Waals surface area contributed by atoms with E-state index in [-0.39, 0.29) is 11.8 Å². The number of benzene rings is 4. The number of carbonyl (C=O) groups is 3. The van der Waals surface area contributed by atoms with Crippen molar-refractivity contribution in [1.29, 1.82) is 0 Å². The van der Waals surface area contributed by atoms with Crippen LogP contribution in [0.25, 0.3) is 11.1 Å². The molecule has 0 bridgehead atoms. The highest BCUT2D eigenvalue weighted by molar-refractivity contribution is 6.24. The molecule has 244 valence electrons. The van der Waals surface area contributed by atoms with E-state index in [1.165, 1.54) is 48.5 Å². The molecule has 4 atom stereocenters. The number of hydrogen-bond donors (Lipinski definition) is 2. The molecule has 0 radical (unpaired) electrons. The molecule has 0 saturated carbocycles. The number of rotatable bonds is 10. The van der Waals surface area contributed by atoms with Crippen molar-refractivity contribution < 1.29 is 32.6 Å². The van der Waals surface area contributed by atoms with E-state index in [0.29, 0.717) is 46.3 Å². The lowest BCUT2D eigenvalue weighted by atomic mass is 9.91. The summed E-state index contributed by atoms with van der Waals surface area (Å²) in [5.74, 6) is -1.60. The summed E-state index contributed by atoms with van der Waals surface area (Å²) in [7, 11) is 0. The van der Waals surface area contributed by atoms with Crippen LogP contribution >= 0.6 is 0 Å². The minimum Gasteiger partial charge on any atom is -0.427 e. The molecule has 0 fully saturated rings. The van der Waals surface area contributed by atoms with Crippen molar-refractivity contribution in [3.8, 4) is 0 Å². The predicted molar refractivity (Wildman–Crippen MR) is 177 cm³/mol. The maximum atomic E-state index is 13.8. The molecule has 2 N–H and O–H groups in total. The van der Waals surface area contributed by atoms with Gasteiger partial charge in [0.15, 0.2) is 0 Å². The summed E-state index contributed by atoms with van der Waals surface area (Å²) in [4.78, 5) is 40.1. The standard InChI is InChI=1S/C39H34F2N2O5/c1-23(33-31(21-25-9-5-3-6-10-25)42-37(44)35(33)27-13-17-29(40)18-14-27)47-39(46)48-24(2)34-32(22-26-11-7-4-8-12-26)43-38(45)36(34)28-15-19-30(41)20-16-28/h3-20,23-24,31-32H,21-22H2,1-2H3,(H,42,44)(H,43,45). The fourth-order valence-corrected chi connectivity index (χ4v) is 6.49. The first-order valence-electron chi connectivity index (χ1n) is 15.7. The first-order valence-corrected chi connectivity index (χ1v) is 15.7. The van der Waals surface area contributed by atoms with Crippen LogP contribution in [0.4, 0.5) is 13.6 Å². The molecule has 48 heavy (non-hydrogen) atoms. The molecule has 2 heterocycles. The van der Waals surface area contributed by atoms with Crippen LogP contribution in [-0.4, -0.2) is 42.3 Å². The van der Waals surface area contributed by atoms with Crippen LogP contribution in [0.3, 0.4) is 0 Å². The van der Waals surface area contributed by atoms with E-state index in [9.17, 15) is 23.2 Å². The third-order valence-corrected chi connectivity index (χ3v) is 8.65. The van der Waals surface area contributed by atoms with E-state index in [4.69, 9.17) is 9.47 Å². The molecule has 4 aromatic carbocycles. The highest BCUT2D eigenvalue weighted by Gasteiger charge is 2.39. The van der Waals surface area contributed by atoms with Crippen molar-refractivity contribution in [1.82, 2.24) is 10.6 Å². The first-order chi connectivity index (χ1) is 23.2. The summed E-state index contributed by atoms with van der Waals surface area (Å²) in [6.45, 7) is 3.32. The van der Waals surface area contributed by atoms with Gasteiger partial charge in [-0.1, -0.05) is 84.9 Å². The fourth-order valence-electron chi connectivity index (χ4n) is 6.49. The Balaban J connectivity index is 1.28. The fraction of sp³-hybridized carbons (Fsp3) is 0.205. The Hall–Kier alpha value is -5.57. The average Bonchev–Trinajstić information content (AvgIpc) is 3.57. The lowest BCUT2D eigenvalue weighted by Crippen LogP contribution is -2.36. The van der Waals surface area contributed by atoms with Gasteiger partial charge >= 0.3 is 6.16 Å². The Morgan fingerprint density at radius 3 is 1.31 bits per heavy atom. The topological polar surface area (TPSA) is 93.7 Å². The summed E-state index contributed by atoms with van der Waals surface area (Å²) in [5, 5.41) is 6.00. The maximum Gasteiger partial charge on any atom is 0.509 e. The van der Waals surface area contributed by atoms with Crippen LogP contribution in [-0.2, 0) is 31.9 Å². The first kappa shape index (κ1) is 32.4. The molecule has 2 amide bonds. The molecule has 2 aliphatic heterocycles. The van der Waals surface area contributed by atoms with Crippen LogP contribution < -0.4 is 10.6 Å². The van der Waals surface area contributed by atoms with Gasteiger partial charge in [-0.25, -0.2) is 13.6 Å². The van der Waals surface area contributed by atoms with Gasteiger partial charge in [0, 0.05) is 11.1 Å². The van der Waals surface area contributed by atoms with E-state index in [2.05, 4.69) is 10.6 Å². The van der Waals surface area contributed by atoms with Crippen molar-refractivity contribution in [3.63, 3.8) is 0 Å². The zero-order chi connectivity index (χ0) is 33.8. The number of halogens is 2. The Labute approximate surface area is 277 Å². The molecule has 0 aliphatic carbocycles. The number of amides is 2. The monoisotopic (exact) mass is 648 g/mol. The van der Waals surface area contributed by atoms with E-state index >= 15 is 0 Å². The second-order valence-corrected chi connectivity index (χ2v) is 11.9. The lowest BCUT2D eigenvalue weighted by Gasteiger charge is -2.24. The molecule has 0 aromatic heterocycles. The molecular weight excluding hydrogens is 614 g/mol. The van der Waals surface area contributed by atoms with Crippen molar-refractivity contribution in [2.45, 2.75) is 51.0 Å². The zero-order valence-electron chi connectivity index (χ0n) is 26.4. The summed E-state index contributed by atoms with van der Waals surface area (Å²) in [5.41, 5.74) is 4.59. The molecule has 4 aromatic rings. The van der Waals surface area contributed by atoms with Gasteiger partial charge < -0.3 is 20.1 Å². The molecule has 9 heteroatoms. The van der Waals surface area contributed by atoms with Crippen LogP contribution in [0.5, 0.6) is 0 Å². The minimum atomic E-state index is -0.998. The number of carbonyl (C=O) groups excluding carboxylic acids is 3. The van der Waals surface area contributed by atoms with Gasteiger partial charge in [0.2, 0.25) is 0 Å². The van der Waals surface area contributed by atoms with Crippen LogP contribution in [0.2, 0.25) is 0 Å². The van der Waals surface area contributed by atoms with Crippen LogP contribution in [0.1, 0.15) is 36.1 Å². The van der Waals surface area contributed by atoms with Gasteiger partial charge in [-0.05, 0) is 73.2 Å². The minimum absolute atomic E-state index is 0.305. The molecule has 2 aliphatic rings. The Morgan fingerprint density at radius 2 is 0.958 bits per heavy atom. The average molecular weight is 649 g/mol. The van der Waals surface area contributed by atoms with Crippen molar-refractivity contribution in [2.24, 2.45) is 0 Å². The van der Waals surface area contributed by atoms with Crippen molar-refractivity contribution in [3.05, 3.63) is 154 Å². The summed E-state index contributed by atoms with van der Waals surface area (Å²) in [6, 6.07) is 29.3. The van der Waals surface area contributed by atoms with Gasteiger partial charge in [-0.3, -0.25) is 9.59 Å². The highest BCUT2D eigenvalue weighted by Crippen LogP contribution is 2.34. The smallest absolute Gasteiger partial charge is 0.427 e. The molecule has 6 rings (SSSR count). The quantitative estimate of drug-likeness (QED) is 0.190. The largest absolute Gasteiger partial charge is 0.509 e. The summed E-state index contributed by atoms with van der Waals surface area (Å²) in [6.07, 6.45) is -1.94. The van der Waals surface area contributed by atoms with Crippen LogP contribution in [0, 0.1) is 11.6 Å². The maximum absolute atomic E-state index is 13.8. The van der Waals surface area contributed by atoms with Gasteiger partial charge in [0.25, 0.3) is 11.8 Å². The summed E-state index contributed by atoms with van der Waals surface area (Å²) < 4.78 is 39.2. The van der Waals surface area contributed by atoms with E-state index < -0.39 is 42.1 Å². The third-order valence-electron chi connectivity index (χ3n) is 8.65. The van der Waals surface area contributed by atoms with E-state index in [1.807, 2.05) is 60.7 Å². The van der Waals surface area contributed by atoms with E-state index in [0.717, 1.165) is 11.1 Å². The highest BCUT2D eigenvalue weighted by atomic mass is 19.1. The van der Waals surface area contributed by atoms with Gasteiger partial charge in [0.05, 0.1) is 23.2 Å². The summed E-state index contributed by atoms with van der Waals surface area (Å²) >= 11 is 0. The second kappa shape index (κ2) is 14.0. The van der Waals surface area contributed by atoms with Gasteiger partial charge in [-0.15, -0.1) is 0 Å². The molecule has 4 unspecified atom stereocenters. The molecule has 0 spiro atoms. The number of nitrogens with one attached hydrogen (secondary N) is 2. The normalized spacial score (nSPS) is 18.8. The number of ether oxygens (including phenoxy) is 2. The Bertz CT molecular complexity index is 1740. The van der Waals surface area contributed by atoms with Crippen LogP contribution in [0.15, 0.2) is 120 Å². The molecular formula is C39H34F2N2O5. The van der Waals surface area contributed by atoms with Crippen molar-refractivity contribution in [2.75, 3.05) is 0 Å². The van der Waals surface area contributed by atoms with Gasteiger partial charge in [0.1, 0.15) is 23.8 Å². The van der Waals surface area contributed by atoms with Crippen molar-refractivity contribution >= 4 is 29.1 Å². The second-order valence-electron chi connectivity index (χ2n) is 11.9. The van der Waals surface area contributed by atoms with E-state index in [1.54, 1.807) is 13.8 Å². The Morgan fingerprint density at radius 1 is 0.604 bits per heavy atom. The van der Waals surface area contributed by atoms with Gasteiger partial charge in [-0.2, -0.15) is 0 Å². The predicted octanol–water partition coefficient (Wildman–Crippen LogP) is 6.58. The lowest BCUT2D eigenvalue weighted by molar-refractivity contribution is -0.116. The Kier molecular flexibility index (Phi) is 9.48. The SMILES string of the molecule is CC(OC(=O)OC(C)C1=C(c2ccc(F)cc2)C(=O)NC1Cc1ccccc1)C1=C(c2ccc(F)cc2)C(=O)NC1Cc1ccccc1. The number of hydrogen-bond acceptors (Lipinski definition) is 5. The molecule has 7 nitrogen and oxygen atoms in total. The third kappa shape index (κ3) is 7.05.